The van der Waals surface area contributed by atoms with Crippen LogP contribution in [-0.4, -0.2) is 38.4 Å². The number of aliphatic hydroxyl groups excluding tert-OH is 1. The van der Waals surface area contributed by atoms with Gasteiger partial charge in [-0.2, -0.15) is 5.10 Å². The number of aromatic amines is 1. The van der Waals surface area contributed by atoms with Crippen LogP contribution >= 0.6 is 0 Å². The number of carbonyl (C=O) groups is 1. The van der Waals surface area contributed by atoms with Crippen LogP contribution in [0.25, 0.3) is 11.0 Å². The van der Waals surface area contributed by atoms with Crippen molar-refractivity contribution in [1.29, 1.82) is 0 Å². The fraction of sp³-hybridized carbons (Fsp3) is 0.316. The van der Waals surface area contributed by atoms with Crippen molar-refractivity contribution in [3.05, 3.63) is 47.5 Å². The number of aliphatic hydroxyl groups is 1. The third kappa shape index (κ3) is 4.10. The van der Waals surface area contributed by atoms with Crippen molar-refractivity contribution in [1.82, 2.24) is 20.7 Å². The van der Waals surface area contributed by atoms with Crippen molar-refractivity contribution in [2.45, 2.75) is 32.8 Å². The number of H-pyrrole nitrogens is 1. The van der Waals surface area contributed by atoms with Crippen molar-refractivity contribution >= 4 is 28.3 Å². The van der Waals surface area contributed by atoms with E-state index in [-0.39, 0.29) is 17.9 Å². The van der Waals surface area contributed by atoms with E-state index in [1.54, 1.807) is 19.9 Å². The van der Waals surface area contributed by atoms with Gasteiger partial charge in [0, 0.05) is 6.20 Å². The molecule has 3 rings (SSSR count). The minimum Gasteiger partial charge on any atom is -0.393 e. The summed E-state index contributed by atoms with van der Waals surface area (Å²) >= 11 is 0. The lowest BCUT2D eigenvalue weighted by atomic mass is 10.1. The van der Waals surface area contributed by atoms with Gasteiger partial charge in [0.05, 0.1) is 35.1 Å². The molecule has 1 aromatic carbocycles. The molecule has 0 bridgehead atoms. The molecule has 8 nitrogen and oxygen atoms in total. The number of rotatable bonds is 7. The van der Waals surface area contributed by atoms with Crippen LogP contribution < -0.4 is 10.8 Å². The van der Waals surface area contributed by atoms with Crippen LogP contribution in [0.3, 0.4) is 0 Å². The van der Waals surface area contributed by atoms with Crippen LogP contribution in [0.1, 0.15) is 36.7 Å². The third-order valence-corrected chi connectivity index (χ3v) is 4.23. The highest BCUT2D eigenvalue weighted by Gasteiger charge is 2.22. The Balaban J connectivity index is 1.97. The predicted molar refractivity (Wildman–Crippen MR) is 103 cm³/mol. The van der Waals surface area contributed by atoms with Gasteiger partial charge in [-0.15, -0.1) is 0 Å². The second kappa shape index (κ2) is 7.91. The summed E-state index contributed by atoms with van der Waals surface area (Å²) < 4.78 is 14.5. The molecule has 1 amide bonds. The van der Waals surface area contributed by atoms with Gasteiger partial charge in [0.1, 0.15) is 11.4 Å². The predicted octanol–water partition coefficient (Wildman–Crippen LogP) is 2.84. The van der Waals surface area contributed by atoms with E-state index in [1.807, 2.05) is 13.0 Å². The number of halogens is 1. The van der Waals surface area contributed by atoms with Gasteiger partial charge >= 0.3 is 0 Å². The van der Waals surface area contributed by atoms with Gasteiger partial charge in [-0.3, -0.25) is 14.7 Å². The molecule has 4 N–H and O–H groups in total. The molecule has 2 aromatic heterocycles. The molecular formula is C19H22FN5O3. The summed E-state index contributed by atoms with van der Waals surface area (Å²) in [5.41, 5.74) is 3.35. The molecule has 0 aliphatic heterocycles. The van der Waals surface area contributed by atoms with E-state index in [1.165, 1.54) is 18.5 Å². The van der Waals surface area contributed by atoms with Gasteiger partial charge in [-0.1, -0.05) is 13.0 Å². The molecule has 3 aromatic rings. The number of hydrogen-bond acceptors (Lipinski definition) is 6. The van der Waals surface area contributed by atoms with E-state index < -0.39 is 17.3 Å². The molecule has 0 spiro atoms. The summed E-state index contributed by atoms with van der Waals surface area (Å²) in [4.78, 5) is 22.1. The second-order valence-electron chi connectivity index (χ2n) is 6.92. The number of hydrogen-bond donors (Lipinski definition) is 4. The highest BCUT2D eigenvalue weighted by atomic mass is 19.1. The monoisotopic (exact) mass is 387 g/mol. The Morgan fingerprint density at radius 2 is 2.14 bits per heavy atom. The molecular weight excluding hydrogens is 365 g/mol. The van der Waals surface area contributed by atoms with Crippen molar-refractivity contribution in [3.63, 3.8) is 0 Å². The minimum absolute atomic E-state index is 0.140. The standard InChI is InChI=1S/C19H22FN5O3/c1-4-11-5-6-15(14(20)7-11)23-16-12-9-22-24-17(12)21-8-13(16)18(27)25-28-19(2,3)10-26/h5-9,26H,4,10H2,1-3H3,(H,25,27)(H2,21,22,23,24). The topological polar surface area (TPSA) is 112 Å². The maximum absolute atomic E-state index is 14.5. The number of carbonyl (C=O) groups excluding carboxylic acids is 1. The van der Waals surface area contributed by atoms with E-state index in [9.17, 15) is 14.3 Å². The Labute approximate surface area is 161 Å². The SMILES string of the molecule is CCc1ccc(Nc2c(C(=O)NOC(C)(C)CO)cnc3[nH]ncc23)c(F)c1. The fourth-order valence-corrected chi connectivity index (χ4v) is 2.49. The van der Waals surface area contributed by atoms with Crippen LogP contribution in [0.4, 0.5) is 15.8 Å². The molecule has 0 aliphatic carbocycles. The average molecular weight is 387 g/mol. The Kier molecular flexibility index (Phi) is 5.57. The summed E-state index contributed by atoms with van der Waals surface area (Å²) in [7, 11) is 0. The Hall–Kier alpha value is -3.04. The molecule has 0 saturated carbocycles. The number of aromatic nitrogens is 3. The fourth-order valence-electron chi connectivity index (χ4n) is 2.49. The van der Waals surface area contributed by atoms with Crippen molar-refractivity contribution < 1.29 is 19.1 Å². The van der Waals surface area contributed by atoms with Gasteiger partial charge in [-0.25, -0.2) is 14.9 Å². The first kappa shape index (κ1) is 19.7. The molecule has 0 atom stereocenters. The third-order valence-electron chi connectivity index (χ3n) is 4.23. The number of fused-ring (bicyclic) bond motifs is 1. The maximum atomic E-state index is 14.5. The smallest absolute Gasteiger partial charge is 0.278 e. The number of benzene rings is 1. The highest BCUT2D eigenvalue weighted by molar-refractivity contribution is 6.07. The molecule has 2 heterocycles. The lowest BCUT2D eigenvalue weighted by molar-refractivity contribution is -0.0956. The normalized spacial score (nSPS) is 11.6. The van der Waals surface area contributed by atoms with Gasteiger partial charge < -0.3 is 10.4 Å². The molecule has 148 valence electrons. The van der Waals surface area contributed by atoms with E-state index >= 15 is 0 Å². The number of aryl methyl sites for hydroxylation is 1. The number of nitrogens with one attached hydrogen (secondary N) is 3. The number of anilines is 2. The van der Waals surface area contributed by atoms with Crippen LogP contribution in [0.15, 0.2) is 30.6 Å². The van der Waals surface area contributed by atoms with Crippen molar-refractivity contribution in [2.24, 2.45) is 0 Å². The quantitative estimate of drug-likeness (QED) is 0.464. The number of pyridine rings is 1. The molecule has 0 saturated heterocycles. The van der Waals surface area contributed by atoms with Crippen LogP contribution in [0, 0.1) is 5.82 Å². The van der Waals surface area contributed by atoms with Gasteiger partial charge in [0.15, 0.2) is 5.65 Å². The largest absolute Gasteiger partial charge is 0.393 e. The van der Waals surface area contributed by atoms with Crippen molar-refractivity contribution in [2.75, 3.05) is 11.9 Å². The number of nitrogens with zero attached hydrogens (tertiary/aromatic N) is 2. The summed E-state index contributed by atoms with van der Waals surface area (Å²) in [6.07, 6.45) is 3.55. The zero-order chi connectivity index (χ0) is 20.3. The lowest BCUT2D eigenvalue weighted by Crippen LogP contribution is -2.38. The first-order valence-electron chi connectivity index (χ1n) is 8.81. The van der Waals surface area contributed by atoms with E-state index in [2.05, 4.69) is 26.0 Å². The Morgan fingerprint density at radius 1 is 1.36 bits per heavy atom. The zero-order valence-corrected chi connectivity index (χ0v) is 15.8. The molecule has 0 fully saturated rings. The van der Waals surface area contributed by atoms with E-state index in [4.69, 9.17) is 4.84 Å². The van der Waals surface area contributed by atoms with Crippen LogP contribution in [0.2, 0.25) is 0 Å². The van der Waals surface area contributed by atoms with Crippen LogP contribution in [-0.2, 0) is 11.3 Å². The summed E-state index contributed by atoms with van der Waals surface area (Å²) in [6.45, 7) is 4.89. The van der Waals surface area contributed by atoms with E-state index in [0.717, 1.165) is 5.56 Å². The Morgan fingerprint density at radius 3 is 2.82 bits per heavy atom. The summed E-state index contributed by atoms with van der Waals surface area (Å²) in [5.74, 6) is -1.03. The lowest BCUT2D eigenvalue weighted by Gasteiger charge is -2.22. The summed E-state index contributed by atoms with van der Waals surface area (Å²) in [6, 6.07) is 4.88. The van der Waals surface area contributed by atoms with Gasteiger partial charge in [-0.05, 0) is 38.0 Å². The summed E-state index contributed by atoms with van der Waals surface area (Å²) in [5, 5.41) is 19.4. The molecule has 0 aliphatic rings. The van der Waals surface area contributed by atoms with Gasteiger partial charge in [0.25, 0.3) is 5.91 Å². The molecule has 0 unspecified atom stereocenters. The second-order valence-corrected chi connectivity index (χ2v) is 6.92. The molecule has 9 heteroatoms. The Bertz CT molecular complexity index is 1000. The highest BCUT2D eigenvalue weighted by Crippen LogP contribution is 2.29. The number of amides is 1. The van der Waals surface area contributed by atoms with Crippen molar-refractivity contribution in [3.8, 4) is 0 Å². The molecule has 0 radical (unpaired) electrons. The van der Waals surface area contributed by atoms with Gasteiger partial charge in [0.2, 0.25) is 0 Å². The first-order valence-corrected chi connectivity index (χ1v) is 8.81. The minimum atomic E-state index is -0.960. The maximum Gasteiger partial charge on any atom is 0.278 e. The average Bonchev–Trinajstić information content (AvgIpc) is 3.17. The van der Waals surface area contributed by atoms with Crippen LogP contribution in [0.5, 0.6) is 0 Å². The first-order chi connectivity index (χ1) is 13.3. The van der Waals surface area contributed by atoms with E-state index in [0.29, 0.717) is 23.1 Å². The molecule has 28 heavy (non-hydrogen) atoms. The number of hydroxylamine groups is 1. The zero-order valence-electron chi connectivity index (χ0n) is 15.8.